The van der Waals surface area contributed by atoms with Crippen LogP contribution in [0.3, 0.4) is 0 Å². The summed E-state index contributed by atoms with van der Waals surface area (Å²) in [6, 6.07) is 2.51. The molecule has 3 aromatic heterocycles. The fourth-order valence-corrected chi connectivity index (χ4v) is 5.42. The molecule has 0 aliphatic carbocycles. The zero-order valence-corrected chi connectivity index (χ0v) is 18.7. The second-order valence-electron chi connectivity index (χ2n) is 6.61. The normalized spacial score (nSPS) is 13.6. The molecule has 18 heteroatoms. The number of fused-ring (bicyclic) bond motifs is 3. The van der Waals surface area contributed by atoms with Gasteiger partial charge in [-0.1, -0.05) is 23.1 Å². The maximum Gasteiger partial charge on any atom is 0.433 e. The Hall–Kier alpha value is -2.70. The van der Waals surface area contributed by atoms with Crippen molar-refractivity contribution in [2.75, 3.05) is 11.5 Å². The fourth-order valence-electron chi connectivity index (χ4n) is 2.83. The van der Waals surface area contributed by atoms with Gasteiger partial charge in [-0.3, -0.25) is 9.65 Å². The van der Waals surface area contributed by atoms with E-state index in [2.05, 4.69) is 20.2 Å². The summed E-state index contributed by atoms with van der Waals surface area (Å²) in [6.45, 7) is 0. The topological polar surface area (TPSA) is 126 Å². The van der Waals surface area contributed by atoms with Gasteiger partial charge in [-0.05, 0) is 18.2 Å². The van der Waals surface area contributed by atoms with Crippen molar-refractivity contribution in [2.45, 2.75) is 16.7 Å². The molecule has 34 heavy (non-hydrogen) atoms. The Morgan fingerprint density at radius 3 is 2.56 bits per heavy atom. The van der Waals surface area contributed by atoms with Gasteiger partial charge in [0.2, 0.25) is 5.13 Å². The van der Waals surface area contributed by atoms with Crippen LogP contribution in [0.5, 0.6) is 0 Å². The van der Waals surface area contributed by atoms with Crippen LogP contribution in [-0.4, -0.2) is 55.5 Å². The summed E-state index contributed by atoms with van der Waals surface area (Å²) in [5.41, 5.74) is -3.30. The Kier molecular flexibility index (Phi) is 6.11. The van der Waals surface area contributed by atoms with Crippen LogP contribution in [0.25, 0.3) is 16.7 Å². The number of aromatic amines is 1. The Morgan fingerprint density at radius 1 is 1.18 bits per heavy atom. The quantitative estimate of drug-likeness (QED) is 0.159. The number of imidazole rings is 1. The standard InChI is InChI=1S/C16H10F6N6O3S3/c17-15(18,19)7-1-2-9-10(5-7)28-12(24-9)8(11(27-28)16(20,21)22)6-23-13-25-26-14(33-13)32-3-4-34(29,30)31/h1-2,5-6,27H,3-4H2,(H,29,30,31). The predicted molar refractivity (Wildman–Crippen MR) is 111 cm³/mol. The predicted octanol–water partition coefficient (Wildman–Crippen LogP) is 4.44. The van der Waals surface area contributed by atoms with Gasteiger partial charge in [0, 0.05) is 12.0 Å². The van der Waals surface area contributed by atoms with Crippen molar-refractivity contribution in [1.29, 1.82) is 0 Å². The van der Waals surface area contributed by atoms with E-state index in [0.717, 1.165) is 46.0 Å². The fraction of sp³-hybridized carbons (Fsp3) is 0.250. The van der Waals surface area contributed by atoms with Gasteiger partial charge in [0.15, 0.2) is 9.99 Å². The van der Waals surface area contributed by atoms with Crippen molar-refractivity contribution >= 4 is 61.2 Å². The smallest absolute Gasteiger partial charge is 0.287 e. The molecular weight excluding hydrogens is 534 g/mol. The number of H-pyrrole nitrogens is 1. The van der Waals surface area contributed by atoms with Crippen LogP contribution >= 0.6 is 23.1 Å². The summed E-state index contributed by atoms with van der Waals surface area (Å²) in [5.74, 6) is -0.565. The van der Waals surface area contributed by atoms with Crippen LogP contribution in [0.4, 0.5) is 31.5 Å². The molecule has 4 aromatic rings. The van der Waals surface area contributed by atoms with Gasteiger partial charge in [0.1, 0.15) is 5.69 Å². The number of alkyl halides is 6. The Balaban J connectivity index is 1.71. The van der Waals surface area contributed by atoms with E-state index >= 15 is 0 Å². The molecule has 9 nitrogen and oxygen atoms in total. The molecule has 0 spiro atoms. The minimum Gasteiger partial charge on any atom is -0.287 e. The molecule has 0 aliphatic rings. The Bertz CT molecular complexity index is 1500. The second kappa shape index (κ2) is 8.51. The van der Waals surface area contributed by atoms with Crippen LogP contribution in [-0.2, 0) is 22.5 Å². The number of benzene rings is 1. The van der Waals surface area contributed by atoms with Crippen molar-refractivity contribution in [3.63, 3.8) is 0 Å². The lowest BCUT2D eigenvalue weighted by atomic mass is 10.2. The lowest BCUT2D eigenvalue weighted by molar-refractivity contribution is -0.141. The first-order chi connectivity index (χ1) is 15.7. The summed E-state index contributed by atoms with van der Waals surface area (Å²) in [6.07, 6.45) is -8.77. The summed E-state index contributed by atoms with van der Waals surface area (Å²) in [4.78, 5) is 7.87. The third-order valence-electron chi connectivity index (χ3n) is 4.27. The molecule has 0 saturated heterocycles. The molecule has 0 atom stereocenters. The van der Waals surface area contributed by atoms with Gasteiger partial charge < -0.3 is 0 Å². The van der Waals surface area contributed by atoms with Gasteiger partial charge in [0.25, 0.3) is 10.1 Å². The van der Waals surface area contributed by atoms with Gasteiger partial charge in [-0.25, -0.2) is 14.5 Å². The lowest BCUT2D eigenvalue weighted by Gasteiger charge is -2.06. The lowest BCUT2D eigenvalue weighted by Crippen LogP contribution is -2.09. The highest BCUT2D eigenvalue weighted by atomic mass is 32.2. The highest BCUT2D eigenvalue weighted by molar-refractivity contribution is 8.01. The zero-order valence-electron chi connectivity index (χ0n) is 16.2. The molecule has 3 heterocycles. The minimum atomic E-state index is -4.89. The van der Waals surface area contributed by atoms with E-state index in [1.165, 1.54) is 0 Å². The third kappa shape index (κ3) is 5.18. The van der Waals surface area contributed by atoms with Crippen molar-refractivity contribution in [2.24, 2.45) is 4.99 Å². The minimum absolute atomic E-state index is 0.0333. The molecule has 0 amide bonds. The van der Waals surface area contributed by atoms with Crippen LogP contribution in [0.1, 0.15) is 16.8 Å². The molecular formula is C16H10F6N6O3S3. The number of thioether (sulfide) groups is 1. The average molecular weight is 544 g/mol. The van der Waals surface area contributed by atoms with E-state index in [-0.39, 0.29) is 31.9 Å². The SMILES string of the molecule is O=S(=O)(O)CCSc1nnc(N=Cc2c(C(F)(F)F)[nH]n3c2nc2ccc(C(F)(F)F)cc23)s1. The van der Waals surface area contributed by atoms with Crippen LogP contribution in [0, 0.1) is 0 Å². The molecule has 1 aromatic carbocycles. The first-order valence-electron chi connectivity index (χ1n) is 8.86. The van der Waals surface area contributed by atoms with E-state index in [4.69, 9.17) is 4.55 Å². The van der Waals surface area contributed by atoms with Crippen LogP contribution in [0.15, 0.2) is 27.5 Å². The monoisotopic (exact) mass is 544 g/mol. The number of aromatic nitrogens is 5. The summed E-state index contributed by atoms with van der Waals surface area (Å²) < 4.78 is 111. The number of halogens is 6. The first kappa shape index (κ1) is 24.4. The molecule has 0 saturated carbocycles. The Morgan fingerprint density at radius 2 is 1.91 bits per heavy atom. The number of nitrogens with zero attached hydrogens (tertiary/aromatic N) is 5. The molecule has 0 bridgehead atoms. The van der Waals surface area contributed by atoms with Gasteiger partial charge in [-0.2, -0.15) is 34.8 Å². The van der Waals surface area contributed by atoms with Crippen LogP contribution in [0.2, 0.25) is 0 Å². The van der Waals surface area contributed by atoms with E-state index in [1.54, 1.807) is 0 Å². The zero-order chi connectivity index (χ0) is 24.9. The van der Waals surface area contributed by atoms with Crippen LogP contribution < -0.4 is 0 Å². The molecule has 182 valence electrons. The molecule has 0 radical (unpaired) electrons. The van der Waals surface area contributed by atoms with E-state index in [9.17, 15) is 34.8 Å². The molecule has 4 rings (SSSR count). The maximum absolute atomic E-state index is 13.6. The van der Waals surface area contributed by atoms with E-state index in [1.807, 2.05) is 5.10 Å². The van der Waals surface area contributed by atoms with E-state index in [0.29, 0.717) is 6.07 Å². The van der Waals surface area contributed by atoms with Gasteiger partial charge >= 0.3 is 12.4 Å². The van der Waals surface area contributed by atoms with Crippen molar-refractivity contribution in [3.8, 4) is 0 Å². The highest BCUT2D eigenvalue weighted by Crippen LogP contribution is 2.36. The number of nitrogens with one attached hydrogen (secondary N) is 1. The molecule has 2 N–H and O–H groups in total. The largest absolute Gasteiger partial charge is 0.433 e. The van der Waals surface area contributed by atoms with Gasteiger partial charge in [-0.15, -0.1) is 10.2 Å². The average Bonchev–Trinajstić information content (AvgIpc) is 3.37. The number of aliphatic imine (C=N–C) groups is 1. The number of hydrogen-bond donors (Lipinski definition) is 2. The highest BCUT2D eigenvalue weighted by Gasteiger charge is 2.38. The molecule has 0 fully saturated rings. The second-order valence-corrected chi connectivity index (χ2v) is 10.5. The van der Waals surface area contributed by atoms with E-state index < -0.39 is 45.0 Å². The Labute approximate surface area is 193 Å². The summed E-state index contributed by atoms with van der Waals surface area (Å²) in [7, 11) is -4.16. The third-order valence-corrected chi connectivity index (χ3v) is 7.21. The molecule has 0 unspecified atom stereocenters. The van der Waals surface area contributed by atoms with Crippen molar-refractivity contribution < 1.29 is 39.3 Å². The van der Waals surface area contributed by atoms with Crippen molar-refractivity contribution in [3.05, 3.63) is 35.0 Å². The summed E-state index contributed by atoms with van der Waals surface area (Å²) in [5, 5.41) is 9.38. The molecule has 0 aliphatic heterocycles. The number of rotatable bonds is 6. The van der Waals surface area contributed by atoms with Crippen molar-refractivity contribution in [1.82, 2.24) is 24.8 Å². The maximum atomic E-state index is 13.6. The number of hydrogen-bond acceptors (Lipinski definition) is 8. The first-order valence-corrected chi connectivity index (χ1v) is 12.3. The van der Waals surface area contributed by atoms with Gasteiger partial charge in [0.05, 0.1) is 27.9 Å². The summed E-state index contributed by atoms with van der Waals surface area (Å²) >= 11 is 1.80.